The van der Waals surface area contributed by atoms with E-state index in [0.29, 0.717) is 18.5 Å². The number of rotatable bonds is 9. The predicted octanol–water partition coefficient (Wildman–Crippen LogP) is 0.323. The van der Waals surface area contributed by atoms with E-state index in [0.717, 1.165) is 9.80 Å². The Morgan fingerprint density at radius 2 is 1.89 bits per heavy atom. The Hall–Kier alpha value is -4.27. The van der Waals surface area contributed by atoms with Gasteiger partial charge in [-0.05, 0) is 12.0 Å². The maximum absolute atomic E-state index is 13.3. The van der Waals surface area contributed by atoms with Crippen LogP contribution in [0.5, 0.6) is 0 Å². The van der Waals surface area contributed by atoms with E-state index in [1.807, 2.05) is 6.92 Å². The largest absolute Gasteiger partial charge is 0.477 e. The number of nitrogens with zero attached hydrogens (tertiary/aromatic N) is 2. The summed E-state index contributed by atoms with van der Waals surface area (Å²) in [6.45, 7) is 1.83. The number of aliphatic carboxylic acids is 1. The van der Waals surface area contributed by atoms with Gasteiger partial charge in [-0.25, -0.2) is 24.1 Å². The second-order valence-corrected chi connectivity index (χ2v) is 9.45. The molecule has 0 radical (unpaired) electrons. The van der Waals surface area contributed by atoms with Crippen molar-refractivity contribution in [2.75, 3.05) is 26.0 Å². The number of benzene rings is 1. The Labute approximate surface area is 221 Å². The van der Waals surface area contributed by atoms with Crippen LogP contribution in [-0.4, -0.2) is 88.2 Å². The van der Waals surface area contributed by atoms with Crippen LogP contribution in [0.1, 0.15) is 24.9 Å². The Morgan fingerprint density at radius 3 is 2.50 bits per heavy atom. The van der Waals surface area contributed by atoms with Gasteiger partial charge in [-0.3, -0.25) is 14.5 Å². The van der Waals surface area contributed by atoms with Crippen LogP contribution < -0.4 is 21.7 Å². The topological polar surface area (TPSA) is 200 Å². The fraction of sp³-hybridized carbons (Fsp3) is 0.391. The third-order valence-electron chi connectivity index (χ3n) is 5.73. The molecule has 0 bridgehead atoms. The molecule has 0 aliphatic carbocycles. The number of ether oxygens (including phenoxy) is 1. The first-order valence-corrected chi connectivity index (χ1v) is 12.6. The monoisotopic (exact) mass is 548 g/mol. The molecule has 2 aliphatic heterocycles. The summed E-state index contributed by atoms with van der Waals surface area (Å²) in [5.41, 5.74) is 5.21. The number of carboxylic acid groups (broad SMARTS) is 1. The zero-order chi connectivity index (χ0) is 28.0. The highest BCUT2D eigenvalue weighted by atomic mass is 32.2. The summed E-state index contributed by atoms with van der Waals surface area (Å²) in [6, 6.07) is 4.41. The lowest BCUT2D eigenvalue weighted by Crippen LogP contribution is -2.71. The van der Waals surface area contributed by atoms with Crippen LogP contribution in [0.4, 0.5) is 14.4 Å². The molecule has 0 spiro atoms. The molecule has 1 fully saturated rings. The quantitative estimate of drug-likeness (QED) is 0.270. The number of thioether (sulfide) groups is 1. The van der Waals surface area contributed by atoms with Crippen LogP contribution in [0, 0.1) is 0 Å². The molecule has 7 amide bonds. The number of hydrogen-bond donors (Lipinski definition) is 5. The van der Waals surface area contributed by atoms with Crippen LogP contribution >= 0.6 is 11.8 Å². The molecule has 6 N–H and O–H groups in total. The van der Waals surface area contributed by atoms with Crippen LogP contribution in [0.15, 0.2) is 41.6 Å². The molecule has 1 aromatic rings. The predicted molar refractivity (Wildman–Crippen MR) is 134 cm³/mol. The van der Waals surface area contributed by atoms with E-state index in [-0.39, 0.29) is 23.6 Å². The molecule has 38 heavy (non-hydrogen) atoms. The van der Waals surface area contributed by atoms with Gasteiger partial charge < -0.3 is 31.5 Å². The molecule has 2 unspecified atom stereocenters. The van der Waals surface area contributed by atoms with Crippen molar-refractivity contribution in [3.8, 4) is 0 Å². The van der Waals surface area contributed by atoms with E-state index in [2.05, 4.69) is 16.0 Å². The fourth-order valence-electron chi connectivity index (χ4n) is 3.80. The van der Waals surface area contributed by atoms with E-state index in [4.69, 9.17) is 10.5 Å². The number of primary amides is 1. The number of nitrogens with one attached hydrogen (secondary N) is 3. The normalized spacial score (nSPS) is 18.9. The van der Waals surface area contributed by atoms with Gasteiger partial charge in [-0.2, -0.15) is 0 Å². The average Bonchev–Trinajstić information content (AvgIpc) is 2.90. The Bertz CT molecular complexity index is 1160. The highest BCUT2D eigenvalue weighted by Gasteiger charge is 2.54. The van der Waals surface area contributed by atoms with Crippen molar-refractivity contribution in [2.45, 2.75) is 30.8 Å². The Balaban J connectivity index is 1.76. The average molecular weight is 549 g/mol. The number of amides is 7. The van der Waals surface area contributed by atoms with Gasteiger partial charge in [0.25, 0.3) is 5.91 Å². The van der Waals surface area contributed by atoms with Crippen molar-refractivity contribution < 1.29 is 38.6 Å². The summed E-state index contributed by atoms with van der Waals surface area (Å²) < 4.78 is 4.70. The molecule has 0 saturated carbocycles. The number of β-lactam (4-membered cyclic amide) rings is 1. The van der Waals surface area contributed by atoms with Crippen molar-refractivity contribution >= 4 is 47.7 Å². The molecule has 3 rings (SSSR count). The minimum absolute atomic E-state index is 0.117. The molecule has 1 saturated heterocycles. The molecule has 1 aromatic carbocycles. The minimum Gasteiger partial charge on any atom is -0.477 e. The lowest BCUT2D eigenvalue weighted by atomic mass is 10.0. The summed E-state index contributed by atoms with van der Waals surface area (Å²) in [7, 11) is 1.26. The molecule has 0 aromatic heterocycles. The first-order chi connectivity index (χ1) is 18.1. The molecule has 15 heteroatoms. The molecule has 2 heterocycles. The second-order valence-electron chi connectivity index (χ2n) is 8.35. The minimum atomic E-state index is -1.39. The number of urea groups is 2. The lowest BCUT2D eigenvalue weighted by Gasteiger charge is -2.49. The first kappa shape index (κ1) is 28.3. The van der Waals surface area contributed by atoms with Crippen molar-refractivity contribution in [3.63, 3.8) is 0 Å². The van der Waals surface area contributed by atoms with Gasteiger partial charge in [0.1, 0.15) is 29.8 Å². The van der Waals surface area contributed by atoms with Gasteiger partial charge in [0, 0.05) is 24.9 Å². The van der Waals surface area contributed by atoms with Crippen LogP contribution in [-0.2, 0) is 19.1 Å². The molecule has 3 atom stereocenters. The summed E-state index contributed by atoms with van der Waals surface area (Å²) in [6.07, 6.45) is -0.419. The maximum Gasteiger partial charge on any atom is 0.404 e. The number of carbonyl (C=O) groups excluding carboxylic acids is 5. The second kappa shape index (κ2) is 12.3. The number of carboxylic acids is 1. The zero-order valence-corrected chi connectivity index (χ0v) is 21.4. The number of nitrogens with two attached hydrogens (primary N) is 1. The lowest BCUT2D eigenvalue weighted by molar-refractivity contribution is -0.151. The number of fused-ring (bicyclic) bond motifs is 1. The van der Waals surface area contributed by atoms with Gasteiger partial charge in [-0.15, -0.1) is 11.8 Å². The van der Waals surface area contributed by atoms with Crippen molar-refractivity contribution in [3.05, 3.63) is 47.2 Å². The first-order valence-electron chi connectivity index (χ1n) is 11.6. The fourth-order valence-corrected chi connectivity index (χ4v) is 5.13. The van der Waals surface area contributed by atoms with E-state index < -0.39 is 53.4 Å². The van der Waals surface area contributed by atoms with Gasteiger partial charge >= 0.3 is 24.1 Å². The third-order valence-corrected chi connectivity index (χ3v) is 7.07. The molecular formula is C23H28N6O8S. The summed E-state index contributed by atoms with van der Waals surface area (Å²) in [4.78, 5) is 75.8. The van der Waals surface area contributed by atoms with E-state index >= 15 is 0 Å². The number of carbonyl (C=O) groups is 6. The van der Waals surface area contributed by atoms with Crippen molar-refractivity contribution in [2.24, 2.45) is 5.73 Å². The highest BCUT2D eigenvalue weighted by Crippen LogP contribution is 2.40. The Morgan fingerprint density at radius 1 is 1.21 bits per heavy atom. The third kappa shape index (κ3) is 6.16. The summed E-state index contributed by atoms with van der Waals surface area (Å²) in [5, 5.41) is 16.6. The number of hydrogen-bond acceptors (Lipinski definition) is 8. The van der Waals surface area contributed by atoms with Gasteiger partial charge in [-0.1, -0.05) is 37.3 Å². The van der Waals surface area contributed by atoms with Gasteiger partial charge in [0.2, 0.25) is 5.91 Å². The van der Waals surface area contributed by atoms with Gasteiger partial charge in [0.05, 0.1) is 0 Å². The standard InChI is InChI=1S/C23H28N6O8S/c1-3-9-25-22(35)28(2)23(36)27-14(12-7-5-4-6-8-12)17(30)26-15-18(31)29-16(20(32)33)13(10-37-21(24)34)11-38-19(15)29/h4-8,14-15,19H,3,9-11H2,1-2H3,(H2,24,34)(H,25,35)(H,26,30)(H,27,36)(H,32,33)/t14?,15?,19-/m0/s1. The molecule has 204 valence electrons. The Kier molecular flexibility index (Phi) is 9.17. The van der Waals surface area contributed by atoms with Crippen LogP contribution in [0.3, 0.4) is 0 Å². The van der Waals surface area contributed by atoms with Crippen LogP contribution in [0.2, 0.25) is 0 Å². The molecule has 14 nitrogen and oxygen atoms in total. The molecule has 2 aliphatic rings. The molecular weight excluding hydrogens is 520 g/mol. The smallest absolute Gasteiger partial charge is 0.404 e. The van der Waals surface area contributed by atoms with Gasteiger partial charge in [0.15, 0.2) is 0 Å². The highest BCUT2D eigenvalue weighted by molar-refractivity contribution is 8.00. The number of imide groups is 1. The summed E-state index contributed by atoms with van der Waals surface area (Å²) in [5.74, 6) is -2.69. The summed E-state index contributed by atoms with van der Waals surface area (Å²) >= 11 is 1.17. The van der Waals surface area contributed by atoms with E-state index in [1.54, 1.807) is 30.3 Å². The van der Waals surface area contributed by atoms with Crippen molar-refractivity contribution in [1.82, 2.24) is 25.8 Å². The van der Waals surface area contributed by atoms with E-state index in [9.17, 15) is 33.9 Å². The van der Waals surface area contributed by atoms with E-state index in [1.165, 1.54) is 18.8 Å². The van der Waals surface area contributed by atoms with Crippen molar-refractivity contribution in [1.29, 1.82) is 0 Å². The zero-order valence-electron chi connectivity index (χ0n) is 20.6. The van der Waals surface area contributed by atoms with Crippen LogP contribution in [0.25, 0.3) is 0 Å². The maximum atomic E-state index is 13.3. The SMILES string of the molecule is CCCNC(=O)N(C)C(=O)NC(C(=O)NC1C(=O)N2C(C(=O)O)=C(COC(N)=O)CS[C@@H]12)c1ccccc1.